The number of rotatable bonds is 8. The highest BCUT2D eigenvalue weighted by atomic mass is 16.7. The van der Waals surface area contributed by atoms with Crippen LogP contribution in [0.3, 0.4) is 0 Å². The molecule has 4 aliphatic rings. The fourth-order valence-electron chi connectivity index (χ4n) is 6.94. The first-order valence-corrected chi connectivity index (χ1v) is 16.8. The maximum Gasteiger partial charge on any atom is 0.229 e. The van der Waals surface area contributed by atoms with E-state index in [1.54, 1.807) is 6.92 Å². The molecule has 0 bridgehead atoms. The van der Waals surface area contributed by atoms with Gasteiger partial charge in [-0.15, -0.1) is 0 Å². The summed E-state index contributed by atoms with van der Waals surface area (Å²) in [6.07, 6.45) is -24.3. The van der Waals surface area contributed by atoms with Gasteiger partial charge in [0.25, 0.3) is 0 Å². The van der Waals surface area contributed by atoms with Crippen molar-refractivity contribution in [2.75, 3.05) is 6.61 Å². The maximum absolute atomic E-state index is 14.3. The molecule has 18 nitrogen and oxygen atoms in total. The Kier molecular flexibility index (Phi) is 11.3. The van der Waals surface area contributed by atoms with Crippen molar-refractivity contribution in [1.29, 1.82) is 0 Å². The number of ether oxygens (including phenoxy) is 6. The number of carbonyl (C=O) groups is 1. The van der Waals surface area contributed by atoms with Crippen molar-refractivity contribution in [2.45, 2.75) is 118 Å². The normalized spacial score (nSPS) is 42.3. The summed E-state index contributed by atoms with van der Waals surface area (Å²) in [5, 5.41) is 115. The predicted molar refractivity (Wildman–Crippen MR) is 170 cm³/mol. The minimum atomic E-state index is -1.82. The molecule has 288 valence electrons. The van der Waals surface area contributed by atoms with Gasteiger partial charge in [0.15, 0.2) is 18.5 Å². The number of hydrogen-bond acceptors (Lipinski definition) is 18. The van der Waals surface area contributed by atoms with Crippen LogP contribution in [0.25, 0.3) is 0 Å². The lowest BCUT2D eigenvalue weighted by Gasteiger charge is -2.47. The molecule has 3 aliphatic heterocycles. The fraction of sp³-hybridized carbons (Fsp3) is 0.618. The van der Waals surface area contributed by atoms with Gasteiger partial charge in [-0.05, 0) is 37.0 Å². The number of aliphatic hydroxyl groups is 9. The van der Waals surface area contributed by atoms with E-state index in [0.717, 1.165) is 6.07 Å². The Morgan fingerprint density at radius 3 is 2.10 bits per heavy atom. The molecule has 2 saturated heterocycles. The topological polar surface area (TPSA) is 295 Å². The minimum Gasteiger partial charge on any atom is -0.508 e. The molecule has 3 fully saturated rings. The molecule has 11 N–H and O–H groups in total. The highest BCUT2D eigenvalue weighted by molar-refractivity contribution is 6.05. The molecule has 0 radical (unpaired) electrons. The number of phenolic OH excluding ortho intramolecular Hbond substituents is 2. The van der Waals surface area contributed by atoms with Crippen LogP contribution in [0.15, 0.2) is 36.4 Å². The van der Waals surface area contributed by atoms with Gasteiger partial charge in [0.05, 0.1) is 24.9 Å². The first-order valence-electron chi connectivity index (χ1n) is 16.8. The van der Waals surface area contributed by atoms with Gasteiger partial charge in [-0.1, -0.05) is 19.1 Å². The van der Waals surface area contributed by atoms with Crippen LogP contribution in [-0.4, -0.2) is 160 Å². The number of carbonyl (C=O) groups excluding carboxylic acids is 1. The van der Waals surface area contributed by atoms with Crippen molar-refractivity contribution in [3.63, 3.8) is 0 Å². The number of hydrogen-bond donors (Lipinski definition) is 11. The van der Waals surface area contributed by atoms with Gasteiger partial charge in [0, 0.05) is 12.1 Å². The molecule has 0 amide bonds. The fourth-order valence-corrected chi connectivity index (χ4v) is 6.94. The number of ketones is 1. The summed E-state index contributed by atoms with van der Waals surface area (Å²) < 4.78 is 35.3. The van der Waals surface area contributed by atoms with E-state index in [4.69, 9.17) is 28.4 Å². The molecule has 6 rings (SSSR count). The van der Waals surface area contributed by atoms with Gasteiger partial charge in [-0.25, -0.2) is 0 Å². The first-order chi connectivity index (χ1) is 24.6. The van der Waals surface area contributed by atoms with Crippen molar-refractivity contribution in [2.24, 2.45) is 5.92 Å². The second-order valence-electron chi connectivity index (χ2n) is 13.7. The SMILES string of the molecule is CC1CC(OC2C(OC3C(=O)c4c(O)cc(OC5OC(C)C(O)C(O)C5O)cc4OC3c3ccc(O)cc3)OC(CO)C(O)C2O)C(O)C(O)C1O. The largest absolute Gasteiger partial charge is 0.508 e. The second kappa shape index (κ2) is 15.3. The third-order valence-corrected chi connectivity index (χ3v) is 10.1. The van der Waals surface area contributed by atoms with Crippen molar-refractivity contribution in [1.82, 2.24) is 0 Å². The highest BCUT2D eigenvalue weighted by Gasteiger charge is 2.53. The van der Waals surface area contributed by atoms with Crippen molar-refractivity contribution in [3.05, 3.63) is 47.5 Å². The van der Waals surface area contributed by atoms with Gasteiger partial charge in [0.1, 0.15) is 83.5 Å². The number of aliphatic hydroxyl groups excluding tert-OH is 9. The second-order valence-corrected chi connectivity index (χ2v) is 13.7. The van der Waals surface area contributed by atoms with Crippen LogP contribution in [0.2, 0.25) is 0 Å². The molecule has 18 heteroatoms. The Bertz CT molecular complexity index is 1560. The zero-order valence-corrected chi connectivity index (χ0v) is 28.0. The molecular formula is C34H44O18. The summed E-state index contributed by atoms with van der Waals surface area (Å²) in [5.74, 6) is -2.60. The third kappa shape index (κ3) is 7.19. The summed E-state index contributed by atoms with van der Waals surface area (Å²) in [7, 11) is 0. The molecule has 0 spiro atoms. The van der Waals surface area contributed by atoms with Crippen molar-refractivity contribution in [3.8, 4) is 23.0 Å². The third-order valence-electron chi connectivity index (χ3n) is 10.1. The van der Waals surface area contributed by atoms with Crippen LogP contribution in [0.1, 0.15) is 42.3 Å². The van der Waals surface area contributed by atoms with E-state index in [1.165, 1.54) is 37.3 Å². The van der Waals surface area contributed by atoms with Crippen molar-refractivity contribution >= 4 is 5.78 Å². The number of benzene rings is 2. The summed E-state index contributed by atoms with van der Waals surface area (Å²) >= 11 is 0. The van der Waals surface area contributed by atoms with Crippen LogP contribution < -0.4 is 9.47 Å². The maximum atomic E-state index is 14.3. The zero-order valence-electron chi connectivity index (χ0n) is 28.0. The van der Waals surface area contributed by atoms with Gasteiger partial charge < -0.3 is 84.6 Å². The lowest BCUT2D eigenvalue weighted by atomic mass is 9.81. The summed E-state index contributed by atoms with van der Waals surface area (Å²) in [6.45, 7) is 2.26. The van der Waals surface area contributed by atoms with E-state index in [-0.39, 0.29) is 34.8 Å². The van der Waals surface area contributed by atoms with Crippen LogP contribution in [0.4, 0.5) is 0 Å². The van der Waals surface area contributed by atoms with Gasteiger partial charge in [-0.3, -0.25) is 4.79 Å². The molecule has 2 aromatic carbocycles. The van der Waals surface area contributed by atoms with Gasteiger partial charge in [-0.2, -0.15) is 0 Å². The van der Waals surface area contributed by atoms with Gasteiger partial charge in [0.2, 0.25) is 12.1 Å². The number of phenols is 2. The Balaban J connectivity index is 1.33. The van der Waals surface area contributed by atoms with E-state index in [2.05, 4.69) is 0 Å². The predicted octanol–water partition coefficient (Wildman–Crippen LogP) is -2.68. The lowest BCUT2D eigenvalue weighted by Crippen LogP contribution is -2.63. The Morgan fingerprint density at radius 2 is 1.42 bits per heavy atom. The minimum absolute atomic E-state index is 0.00346. The average Bonchev–Trinajstić information content (AvgIpc) is 3.11. The molecular weight excluding hydrogens is 696 g/mol. The molecule has 0 aromatic heterocycles. The summed E-state index contributed by atoms with van der Waals surface area (Å²) in [6, 6.07) is 7.70. The summed E-state index contributed by atoms with van der Waals surface area (Å²) in [5.41, 5.74) is -0.117. The average molecular weight is 741 g/mol. The first kappa shape index (κ1) is 38.5. The summed E-state index contributed by atoms with van der Waals surface area (Å²) in [4.78, 5) is 14.3. The molecule has 52 heavy (non-hydrogen) atoms. The molecule has 2 aromatic rings. The number of fused-ring (bicyclic) bond motifs is 1. The van der Waals surface area contributed by atoms with Crippen molar-refractivity contribution < 1.29 is 89.4 Å². The molecule has 17 atom stereocenters. The Morgan fingerprint density at radius 1 is 0.750 bits per heavy atom. The Hall–Kier alpha value is -3.21. The standard InChI is InChI=1S/C34H44O18/c1-11-7-18(23(40)26(43)21(11)38)50-32-28(45)24(41)19(10-35)51-34(32)52-31-25(42)20-16(37)8-15(48-33-29(46)27(44)22(39)12(2)47-33)9-17(20)49-30(31)13-3-5-14(36)6-4-13/h3-6,8-9,11-12,18-19,21-24,26-41,43-46H,7,10H2,1-2H3. The smallest absolute Gasteiger partial charge is 0.229 e. The van der Waals surface area contributed by atoms with E-state index in [0.29, 0.717) is 0 Å². The highest BCUT2D eigenvalue weighted by Crippen LogP contribution is 2.45. The molecule has 17 unspecified atom stereocenters. The van der Waals surface area contributed by atoms with Crippen LogP contribution in [-0.2, 0) is 18.9 Å². The van der Waals surface area contributed by atoms with Crippen LogP contribution >= 0.6 is 0 Å². The van der Waals surface area contributed by atoms with Crippen LogP contribution in [0.5, 0.6) is 23.0 Å². The number of Topliss-reactive ketones (excluding diaryl/α,β-unsaturated/α-hetero) is 1. The molecule has 3 heterocycles. The molecule has 1 aliphatic carbocycles. The van der Waals surface area contributed by atoms with E-state index >= 15 is 0 Å². The number of aromatic hydroxyl groups is 2. The van der Waals surface area contributed by atoms with E-state index in [9.17, 15) is 61.0 Å². The van der Waals surface area contributed by atoms with E-state index < -0.39 is 122 Å². The quantitative estimate of drug-likeness (QED) is 0.131. The van der Waals surface area contributed by atoms with Crippen LogP contribution in [0, 0.1) is 5.92 Å². The zero-order chi connectivity index (χ0) is 37.8. The monoisotopic (exact) mass is 740 g/mol. The lowest BCUT2D eigenvalue weighted by molar-refractivity contribution is -0.334. The van der Waals surface area contributed by atoms with E-state index in [1.807, 2.05) is 0 Å². The van der Waals surface area contributed by atoms with Gasteiger partial charge >= 0.3 is 0 Å². The molecule has 1 saturated carbocycles. The Labute approximate surface area is 296 Å².